The number of nitrogens with zero attached hydrogens (tertiary/aromatic N) is 5. The van der Waals surface area contributed by atoms with Crippen molar-refractivity contribution in [1.29, 1.82) is 0 Å². The maximum atomic E-state index is 13.0. The van der Waals surface area contributed by atoms with Gasteiger partial charge in [-0.2, -0.15) is 18.3 Å². The second-order valence-corrected chi connectivity index (χ2v) is 6.29. The topological polar surface area (TPSA) is 55.4 Å². The number of rotatable bonds is 3. The molecule has 0 atom stereocenters. The molecular formula is C15H13BrF3N5O. The molecule has 0 aliphatic rings. The molecule has 0 aromatic carbocycles. The molecule has 0 radical (unpaired) electrons. The molecule has 0 unspecified atom stereocenters. The third-order valence-electron chi connectivity index (χ3n) is 3.62. The van der Waals surface area contributed by atoms with Crippen LogP contribution >= 0.6 is 15.9 Å². The van der Waals surface area contributed by atoms with Crippen LogP contribution in [0.15, 0.2) is 35.1 Å². The Hall–Kier alpha value is -2.36. The number of alkyl halides is 3. The van der Waals surface area contributed by atoms with Gasteiger partial charge >= 0.3 is 6.18 Å². The summed E-state index contributed by atoms with van der Waals surface area (Å²) >= 11 is 2.85. The van der Waals surface area contributed by atoms with Gasteiger partial charge < -0.3 is 9.30 Å². The zero-order chi connectivity index (χ0) is 18.4. The molecule has 0 N–H and O–H groups in total. The molecule has 3 aromatic heterocycles. The summed E-state index contributed by atoms with van der Waals surface area (Å²) < 4.78 is 41.2. The average Bonchev–Trinajstić information content (AvgIpc) is 3.05. The molecule has 3 heterocycles. The van der Waals surface area contributed by atoms with Gasteiger partial charge in [0.1, 0.15) is 5.65 Å². The van der Waals surface area contributed by atoms with Gasteiger partial charge in [0, 0.05) is 26.5 Å². The summed E-state index contributed by atoms with van der Waals surface area (Å²) in [4.78, 5) is 18.1. The lowest BCUT2D eigenvalue weighted by atomic mass is 10.3. The van der Waals surface area contributed by atoms with Crippen LogP contribution in [0.25, 0.3) is 5.65 Å². The van der Waals surface area contributed by atoms with Crippen molar-refractivity contribution in [3.63, 3.8) is 0 Å². The minimum atomic E-state index is -4.61. The SMILES string of the molecule is CN(Cc1cn2ccccc2n1)C(=O)c1nn(C)c(C(F)(F)F)c1Br. The van der Waals surface area contributed by atoms with Crippen LogP contribution in [0.1, 0.15) is 21.9 Å². The zero-order valence-corrected chi connectivity index (χ0v) is 14.8. The number of carbonyl (C=O) groups excluding carboxylic acids is 1. The smallest absolute Gasteiger partial charge is 0.334 e. The minimum Gasteiger partial charge on any atom is -0.334 e. The highest BCUT2D eigenvalue weighted by Crippen LogP contribution is 2.36. The summed E-state index contributed by atoms with van der Waals surface area (Å²) in [5.41, 5.74) is 0.0416. The third-order valence-corrected chi connectivity index (χ3v) is 4.37. The van der Waals surface area contributed by atoms with E-state index in [4.69, 9.17) is 0 Å². The lowest BCUT2D eigenvalue weighted by Crippen LogP contribution is -2.27. The number of aryl methyl sites for hydroxylation is 1. The van der Waals surface area contributed by atoms with E-state index in [1.807, 2.05) is 24.4 Å². The molecule has 0 aliphatic heterocycles. The van der Waals surface area contributed by atoms with Crippen LogP contribution in [0, 0.1) is 0 Å². The summed E-state index contributed by atoms with van der Waals surface area (Å²) in [5.74, 6) is -0.630. The van der Waals surface area contributed by atoms with Crippen LogP contribution in [0.5, 0.6) is 0 Å². The Morgan fingerprint density at radius 1 is 1.36 bits per heavy atom. The predicted octanol–water partition coefficient (Wildman–Crippen LogP) is 3.12. The van der Waals surface area contributed by atoms with Crippen molar-refractivity contribution < 1.29 is 18.0 Å². The number of pyridine rings is 1. The van der Waals surface area contributed by atoms with E-state index in [-0.39, 0.29) is 16.7 Å². The number of hydrogen-bond acceptors (Lipinski definition) is 3. The van der Waals surface area contributed by atoms with Crippen molar-refractivity contribution in [2.45, 2.75) is 12.7 Å². The first kappa shape index (κ1) is 17.5. The van der Waals surface area contributed by atoms with E-state index in [2.05, 4.69) is 26.0 Å². The Kier molecular flexibility index (Phi) is 4.31. The normalized spacial score (nSPS) is 11.9. The highest BCUT2D eigenvalue weighted by Gasteiger charge is 2.40. The first-order valence-electron chi connectivity index (χ1n) is 7.16. The van der Waals surface area contributed by atoms with E-state index in [9.17, 15) is 18.0 Å². The highest BCUT2D eigenvalue weighted by atomic mass is 79.9. The highest BCUT2D eigenvalue weighted by molar-refractivity contribution is 9.10. The first-order valence-corrected chi connectivity index (χ1v) is 7.95. The largest absolute Gasteiger partial charge is 0.434 e. The summed E-state index contributed by atoms with van der Waals surface area (Å²) in [6, 6.07) is 5.50. The number of hydrogen-bond donors (Lipinski definition) is 0. The second kappa shape index (κ2) is 6.17. The molecule has 0 saturated carbocycles. The fourth-order valence-corrected chi connectivity index (χ4v) is 3.23. The zero-order valence-electron chi connectivity index (χ0n) is 13.3. The number of aromatic nitrogens is 4. The van der Waals surface area contributed by atoms with E-state index in [1.165, 1.54) is 11.9 Å². The molecule has 10 heteroatoms. The van der Waals surface area contributed by atoms with Gasteiger partial charge in [-0.15, -0.1) is 0 Å². The molecule has 0 saturated heterocycles. The van der Waals surface area contributed by atoms with Gasteiger partial charge in [-0.05, 0) is 28.1 Å². The summed E-state index contributed by atoms with van der Waals surface area (Å²) in [6.07, 6.45) is -1.04. The van der Waals surface area contributed by atoms with Crippen molar-refractivity contribution in [2.75, 3.05) is 7.05 Å². The van der Waals surface area contributed by atoms with Gasteiger partial charge in [-0.25, -0.2) is 4.98 Å². The maximum absolute atomic E-state index is 13.0. The number of amides is 1. The van der Waals surface area contributed by atoms with Gasteiger partial charge in [0.2, 0.25) is 0 Å². The Morgan fingerprint density at radius 2 is 2.08 bits per heavy atom. The number of fused-ring (bicyclic) bond motifs is 1. The van der Waals surface area contributed by atoms with E-state index in [0.29, 0.717) is 10.4 Å². The van der Waals surface area contributed by atoms with Gasteiger partial charge in [0.25, 0.3) is 5.91 Å². The average molecular weight is 416 g/mol. The van der Waals surface area contributed by atoms with Gasteiger partial charge in [0.15, 0.2) is 11.4 Å². The monoisotopic (exact) mass is 415 g/mol. The fraction of sp³-hybridized carbons (Fsp3) is 0.267. The summed E-state index contributed by atoms with van der Waals surface area (Å²) in [7, 11) is 2.63. The van der Waals surface area contributed by atoms with Crippen molar-refractivity contribution in [3.8, 4) is 0 Å². The van der Waals surface area contributed by atoms with Crippen LogP contribution in [0.2, 0.25) is 0 Å². The number of carbonyl (C=O) groups is 1. The molecule has 0 spiro atoms. The Labute approximate surface area is 149 Å². The summed E-state index contributed by atoms with van der Waals surface area (Å²) in [5, 5.41) is 3.71. The Balaban J connectivity index is 1.85. The maximum Gasteiger partial charge on any atom is 0.434 e. The molecule has 3 aromatic rings. The van der Waals surface area contributed by atoms with Crippen molar-refractivity contribution >= 4 is 27.5 Å². The van der Waals surface area contributed by atoms with E-state index in [0.717, 1.165) is 12.7 Å². The molecule has 25 heavy (non-hydrogen) atoms. The van der Waals surface area contributed by atoms with Crippen LogP contribution in [0.4, 0.5) is 13.2 Å². The lowest BCUT2D eigenvalue weighted by Gasteiger charge is -2.14. The minimum absolute atomic E-state index is 0.144. The fourth-order valence-electron chi connectivity index (χ4n) is 2.50. The molecule has 0 aliphatic carbocycles. The van der Waals surface area contributed by atoms with Crippen LogP contribution in [-0.2, 0) is 19.8 Å². The Bertz CT molecular complexity index is 913. The quantitative estimate of drug-likeness (QED) is 0.660. The van der Waals surface area contributed by atoms with E-state index >= 15 is 0 Å². The van der Waals surface area contributed by atoms with Crippen LogP contribution < -0.4 is 0 Å². The van der Waals surface area contributed by atoms with Crippen molar-refractivity contribution in [2.24, 2.45) is 7.05 Å². The van der Waals surface area contributed by atoms with Crippen molar-refractivity contribution in [3.05, 3.63) is 52.1 Å². The molecule has 132 valence electrons. The van der Waals surface area contributed by atoms with E-state index < -0.39 is 17.8 Å². The molecular weight excluding hydrogens is 403 g/mol. The summed E-state index contributed by atoms with van der Waals surface area (Å²) in [6.45, 7) is 0.144. The van der Waals surface area contributed by atoms with Gasteiger partial charge in [-0.3, -0.25) is 9.48 Å². The van der Waals surface area contributed by atoms with E-state index in [1.54, 1.807) is 10.6 Å². The Morgan fingerprint density at radius 3 is 2.68 bits per heavy atom. The predicted molar refractivity (Wildman–Crippen MR) is 86.9 cm³/mol. The lowest BCUT2D eigenvalue weighted by molar-refractivity contribution is -0.144. The van der Waals surface area contributed by atoms with Gasteiger partial charge in [-0.1, -0.05) is 6.07 Å². The van der Waals surface area contributed by atoms with Crippen LogP contribution in [-0.4, -0.2) is 37.0 Å². The number of halogens is 4. The van der Waals surface area contributed by atoms with Crippen LogP contribution in [0.3, 0.4) is 0 Å². The molecule has 1 amide bonds. The molecule has 3 rings (SSSR count). The standard InChI is InChI=1S/C15H13BrF3N5O/c1-22(7-9-8-24-6-4-3-5-10(24)20-9)14(25)12-11(16)13(15(17,18)19)23(2)21-12/h3-6,8H,7H2,1-2H3. The molecule has 0 fully saturated rings. The third kappa shape index (κ3) is 3.26. The van der Waals surface area contributed by atoms with Gasteiger partial charge in [0.05, 0.1) is 16.7 Å². The molecule has 6 nitrogen and oxygen atoms in total. The van der Waals surface area contributed by atoms with Crippen molar-refractivity contribution in [1.82, 2.24) is 24.1 Å². The second-order valence-electron chi connectivity index (χ2n) is 5.49. The number of imidazole rings is 1. The molecule has 0 bridgehead atoms. The first-order chi connectivity index (χ1) is 11.7.